The number of hydrogen-bond donors (Lipinski definition) is 1. The molecule has 0 saturated heterocycles. The third-order valence-corrected chi connectivity index (χ3v) is 4.66. The zero-order chi connectivity index (χ0) is 19.8. The van der Waals surface area contributed by atoms with Crippen molar-refractivity contribution in [2.45, 2.75) is 25.8 Å². The molecule has 1 atom stereocenters. The Morgan fingerprint density at radius 3 is 2.50 bits per heavy atom. The molecule has 144 valence electrons. The molecule has 1 amide bonds. The van der Waals surface area contributed by atoms with E-state index in [1.54, 1.807) is 18.5 Å². The molecule has 5 heteroatoms. The average Bonchev–Trinajstić information content (AvgIpc) is 2.72. The van der Waals surface area contributed by atoms with Crippen LogP contribution in [0.4, 0.5) is 0 Å². The van der Waals surface area contributed by atoms with Crippen LogP contribution in [-0.2, 0) is 4.79 Å². The molecule has 2 aromatic carbocycles. The molecule has 0 aliphatic heterocycles. The van der Waals surface area contributed by atoms with Gasteiger partial charge in [-0.2, -0.15) is 0 Å². The Balaban J connectivity index is 1.55. The van der Waals surface area contributed by atoms with Gasteiger partial charge in [0, 0.05) is 23.8 Å². The zero-order valence-corrected chi connectivity index (χ0v) is 16.5. The van der Waals surface area contributed by atoms with Crippen LogP contribution in [0.3, 0.4) is 0 Å². The fourth-order valence-electron chi connectivity index (χ4n) is 2.98. The molecule has 3 rings (SSSR count). The summed E-state index contributed by atoms with van der Waals surface area (Å²) in [5, 5.41) is 3.81. The topological polar surface area (TPSA) is 51.2 Å². The highest BCUT2D eigenvalue weighted by molar-refractivity contribution is 6.30. The number of ether oxygens (including phenoxy) is 1. The minimum Gasteiger partial charge on any atom is -0.493 e. The molecule has 1 aromatic heterocycles. The number of halogens is 1. The lowest BCUT2D eigenvalue weighted by atomic mass is 9.99. The first-order valence-corrected chi connectivity index (χ1v) is 9.64. The van der Waals surface area contributed by atoms with E-state index in [0.717, 1.165) is 22.4 Å². The number of benzene rings is 2. The van der Waals surface area contributed by atoms with Gasteiger partial charge in [-0.3, -0.25) is 9.78 Å². The van der Waals surface area contributed by atoms with Crippen molar-refractivity contribution in [2.75, 3.05) is 6.61 Å². The minimum atomic E-state index is -0.198. The quantitative estimate of drug-likeness (QED) is 0.540. The number of nitrogens with zero attached hydrogens (tertiary/aromatic N) is 1. The van der Waals surface area contributed by atoms with Crippen molar-refractivity contribution in [3.63, 3.8) is 0 Å². The van der Waals surface area contributed by atoms with E-state index in [9.17, 15) is 4.79 Å². The normalized spacial score (nSPS) is 11.6. The molecular formula is C23H23ClN2O2. The van der Waals surface area contributed by atoms with Crippen molar-refractivity contribution in [2.24, 2.45) is 0 Å². The number of aryl methyl sites for hydroxylation is 1. The molecule has 28 heavy (non-hydrogen) atoms. The minimum absolute atomic E-state index is 0.0120. The third-order valence-electron chi connectivity index (χ3n) is 4.42. The number of carbonyl (C=O) groups is 1. The van der Waals surface area contributed by atoms with E-state index in [0.29, 0.717) is 24.5 Å². The lowest BCUT2D eigenvalue weighted by Gasteiger charge is -2.20. The van der Waals surface area contributed by atoms with E-state index in [4.69, 9.17) is 16.3 Å². The summed E-state index contributed by atoms with van der Waals surface area (Å²) in [6, 6.07) is 19.1. The molecule has 1 heterocycles. The molecule has 0 bridgehead atoms. The summed E-state index contributed by atoms with van der Waals surface area (Å²) in [4.78, 5) is 16.6. The van der Waals surface area contributed by atoms with Gasteiger partial charge in [-0.15, -0.1) is 0 Å². The van der Waals surface area contributed by atoms with Gasteiger partial charge in [-0.25, -0.2) is 0 Å². The van der Waals surface area contributed by atoms with E-state index in [1.807, 2.05) is 61.5 Å². The molecule has 0 saturated carbocycles. The number of rotatable bonds is 8. The molecule has 0 aliphatic carbocycles. The molecule has 1 unspecified atom stereocenters. The van der Waals surface area contributed by atoms with Gasteiger partial charge < -0.3 is 10.1 Å². The third kappa shape index (κ3) is 5.57. The second-order valence-corrected chi connectivity index (χ2v) is 6.99. The van der Waals surface area contributed by atoms with Crippen LogP contribution in [-0.4, -0.2) is 17.5 Å². The second-order valence-electron chi connectivity index (χ2n) is 6.55. The molecule has 0 spiro atoms. The molecular weight excluding hydrogens is 372 g/mol. The molecule has 4 nitrogen and oxygen atoms in total. The number of aromatic nitrogens is 1. The number of hydrogen-bond acceptors (Lipinski definition) is 3. The highest BCUT2D eigenvalue weighted by atomic mass is 35.5. The van der Waals surface area contributed by atoms with Gasteiger partial charge in [-0.05, 0) is 60.4 Å². The van der Waals surface area contributed by atoms with Crippen molar-refractivity contribution >= 4 is 17.5 Å². The Morgan fingerprint density at radius 1 is 1.07 bits per heavy atom. The predicted octanol–water partition coefficient (Wildman–Crippen LogP) is 5.11. The Morgan fingerprint density at radius 2 is 1.79 bits per heavy atom. The van der Waals surface area contributed by atoms with Crippen LogP contribution in [0.2, 0.25) is 5.02 Å². The Hall–Kier alpha value is -2.85. The van der Waals surface area contributed by atoms with Crippen molar-refractivity contribution in [3.05, 3.63) is 94.8 Å². The number of carbonyl (C=O) groups excluding carboxylic acids is 1. The van der Waals surface area contributed by atoms with Crippen LogP contribution in [0.15, 0.2) is 73.1 Å². The van der Waals surface area contributed by atoms with E-state index in [1.165, 1.54) is 0 Å². The summed E-state index contributed by atoms with van der Waals surface area (Å²) in [5.41, 5.74) is 3.02. The lowest BCUT2D eigenvalue weighted by Crippen LogP contribution is -2.29. The summed E-state index contributed by atoms with van der Waals surface area (Å²) in [5.74, 6) is 0.783. The number of amides is 1. The maximum absolute atomic E-state index is 12.5. The van der Waals surface area contributed by atoms with Crippen LogP contribution in [0.5, 0.6) is 5.75 Å². The van der Waals surface area contributed by atoms with E-state index in [-0.39, 0.29) is 11.9 Å². The second kappa shape index (κ2) is 9.90. The van der Waals surface area contributed by atoms with Gasteiger partial charge in [0.25, 0.3) is 0 Å². The lowest BCUT2D eigenvalue weighted by molar-refractivity contribution is -0.121. The van der Waals surface area contributed by atoms with Gasteiger partial charge in [-0.1, -0.05) is 41.9 Å². The van der Waals surface area contributed by atoms with Gasteiger partial charge in [0.15, 0.2) is 0 Å². The van der Waals surface area contributed by atoms with Crippen LogP contribution in [0, 0.1) is 6.92 Å². The first kappa shape index (κ1) is 19.9. The summed E-state index contributed by atoms with van der Waals surface area (Å²) in [7, 11) is 0. The van der Waals surface area contributed by atoms with Gasteiger partial charge in [0.1, 0.15) is 5.75 Å². The van der Waals surface area contributed by atoms with Crippen molar-refractivity contribution in [1.82, 2.24) is 10.3 Å². The van der Waals surface area contributed by atoms with Crippen LogP contribution < -0.4 is 10.1 Å². The fourth-order valence-corrected chi connectivity index (χ4v) is 3.21. The smallest absolute Gasteiger partial charge is 0.220 e. The first-order chi connectivity index (χ1) is 13.6. The van der Waals surface area contributed by atoms with Crippen LogP contribution in [0.25, 0.3) is 0 Å². The highest BCUT2D eigenvalue weighted by Crippen LogP contribution is 2.23. The van der Waals surface area contributed by atoms with Gasteiger partial charge in [0.05, 0.1) is 12.6 Å². The van der Waals surface area contributed by atoms with Crippen molar-refractivity contribution < 1.29 is 9.53 Å². The highest BCUT2D eigenvalue weighted by Gasteiger charge is 2.16. The van der Waals surface area contributed by atoms with E-state index in [2.05, 4.69) is 10.3 Å². The molecule has 3 aromatic rings. The molecule has 0 radical (unpaired) electrons. The van der Waals surface area contributed by atoms with Crippen LogP contribution >= 0.6 is 11.6 Å². The zero-order valence-electron chi connectivity index (χ0n) is 15.8. The summed E-state index contributed by atoms with van der Waals surface area (Å²) >= 11 is 5.96. The van der Waals surface area contributed by atoms with Crippen molar-refractivity contribution in [1.29, 1.82) is 0 Å². The van der Waals surface area contributed by atoms with Gasteiger partial charge >= 0.3 is 0 Å². The summed E-state index contributed by atoms with van der Waals surface area (Å²) in [6.45, 7) is 2.42. The Bertz CT molecular complexity index is 861. The molecule has 0 aliphatic rings. The fraction of sp³-hybridized carbons (Fsp3) is 0.217. The number of nitrogens with one attached hydrogen (secondary N) is 1. The molecule has 0 fully saturated rings. The summed E-state index contributed by atoms with van der Waals surface area (Å²) < 4.78 is 5.77. The Labute approximate surface area is 170 Å². The van der Waals surface area contributed by atoms with E-state index >= 15 is 0 Å². The first-order valence-electron chi connectivity index (χ1n) is 9.26. The van der Waals surface area contributed by atoms with Gasteiger partial charge in [0.2, 0.25) is 5.91 Å². The Kier molecular flexibility index (Phi) is 7.04. The number of pyridine rings is 1. The van der Waals surface area contributed by atoms with E-state index < -0.39 is 0 Å². The maximum atomic E-state index is 12.5. The van der Waals surface area contributed by atoms with Crippen LogP contribution in [0.1, 0.15) is 35.6 Å². The molecule has 1 N–H and O–H groups in total. The standard InChI is InChI=1S/C23H23ClN2O2/c1-17-16-20(24)9-10-21(17)28-15-5-8-22(27)26-23(18-6-3-2-4-7-18)19-11-13-25-14-12-19/h2-4,6-7,9-14,16,23H,5,8,15H2,1H3,(H,26,27). The average molecular weight is 395 g/mol. The largest absolute Gasteiger partial charge is 0.493 e. The van der Waals surface area contributed by atoms with Crippen molar-refractivity contribution in [3.8, 4) is 5.75 Å². The SMILES string of the molecule is Cc1cc(Cl)ccc1OCCCC(=O)NC(c1ccccc1)c1ccncc1. The monoisotopic (exact) mass is 394 g/mol. The summed E-state index contributed by atoms with van der Waals surface area (Å²) in [6.07, 6.45) is 4.49. The predicted molar refractivity (Wildman–Crippen MR) is 112 cm³/mol. The maximum Gasteiger partial charge on any atom is 0.220 e.